The fourth-order valence-corrected chi connectivity index (χ4v) is 2.29. The zero-order valence-corrected chi connectivity index (χ0v) is 10.2. The van der Waals surface area contributed by atoms with Crippen LogP contribution in [0.4, 0.5) is 0 Å². The molecule has 3 N–H and O–H groups in total. The lowest BCUT2D eigenvalue weighted by Gasteiger charge is -2.38. The molecule has 5 nitrogen and oxygen atoms in total. The lowest BCUT2D eigenvalue weighted by atomic mass is 9.96. The van der Waals surface area contributed by atoms with Crippen LogP contribution >= 0.6 is 0 Å². The molecule has 0 aromatic rings. The van der Waals surface area contributed by atoms with Crippen molar-refractivity contribution in [1.29, 1.82) is 0 Å². The maximum Gasteiger partial charge on any atom is 0.240 e. The molecule has 0 aromatic carbocycles. The summed E-state index contributed by atoms with van der Waals surface area (Å²) in [6.07, 6.45) is 1.74. The average Bonchev–Trinajstić information content (AvgIpc) is 2.20. The molecule has 0 aliphatic carbocycles. The second-order valence-electron chi connectivity index (χ2n) is 4.61. The van der Waals surface area contributed by atoms with E-state index in [4.69, 9.17) is 5.73 Å². The van der Waals surface area contributed by atoms with Crippen molar-refractivity contribution in [1.82, 2.24) is 10.2 Å². The minimum absolute atomic E-state index is 0.00810. The van der Waals surface area contributed by atoms with Crippen molar-refractivity contribution in [2.45, 2.75) is 38.8 Å². The van der Waals surface area contributed by atoms with Crippen LogP contribution < -0.4 is 11.1 Å². The molecule has 2 atom stereocenters. The van der Waals surface area contributed by atoms with E-state index in [-0.39, 0.29) is 17.9 Å². The van der Waals surface area contributed by atoms with E-state index in [2.05, 4.69) is 5.32 Å². The van der Waals surface area contributed by atoms with Gasteiger partial charge in [0.2, 0.25) is 11.8 Å². The third-order valence-corrected chi connectivity index (χ3v) is 3.08. The number of carbonyl (C=O) groups is 2. The zero-order valence-electron chi connectivity index (χ0n) is 10.2. The van der Waals surface area contributed by atoms with E-state index >= 15 is 0 Å². The summed E-state index contributed by atoms with van der Waals surface area (Å²) < 4.78 is 0. The summed E-state index contributed by atoms with van der Waals surface area (Å²) >= 11 is 0. The fraction of sp³-hybridized carbons (Fsp3) is 0.818. The first-order valence-electron chi connectivity index (χ1n) is 5.76. The van der Waals surface area contributed by atoms with Crippen LogP contribution in [-0.4, -0.2) is 42.4 Å². The van der Waals surface area contributed by atoms with Gasteiger partial charge in [0.05, 0.1) is 6.04 Å². The minimum atomic E-state index is -0.483. The van der Waals surface area contributed by atoms with Crippen molar-refractivity contribution in [3.8, 4) is 0 Å². The van der Waals surface area contributed by atoms with Gasteiger partial charge in [-0.1, -0.05) is 13.8 Å². The van der Waals surface area contributed by atoms with Crippen LogP contribution in [0.2, 0.25) is 0 Å². The summed E-state index contributed by atoms with van der Waals surface area (Å²) in [4.78, 5) is 25.1. The number of hydrogen-bond donors (Lipinski definition) is 2. The highest BCUT2D eigenvalue weighted by Crippen LogP contribution is 2.18. The van der Waals surface area contributed by atoms with Crippen molar-refractivity contribution < 1.29 is 9.59 Å². The van der Waals surface area contributed by atoms with Crippen LogP contribution in [0, 0.1) is 5.92 Å². The predicted octanol–water partition coefficient (Wildman–Crippen LogP) is -0.293. The first-order valence-corrected chi connectivity index (χ1v) is 5.76. The van der Waals surface area contributed by atoms with Crippen molar-refractivity contribution in [3.63, 3.8) is 0 Å². The largest absolute Gasteiger partial charge is 0.368 e. The summed E-state index contributed by atoms with van der Waals surface area (Å²) in [6, 6.07) is -0.655. The minimum Gasteiger partial charge on any atom is -0.368 e. The van der Waals surface area contributed by atoms with Gasteiger partial charge < -0.3 is 16.0 Å². The van der Waals surface area contributed by atoms with Gasteiger partial charge >= 0.3 is 0 Å². The molecule has 0 bridgehead atoms. The van der Waals surface area contributed by atoms with Crippen molar-refractivity contribution in [3.05, 3.63) is 0 Å². The number of likely N-dealkylation sites (tertiary alicyclic amines) is 1. The van der Waals surface area contributed by atoms with Gasteiger partial charge in [-0.15, -0.1) is 0 Å². The molecule has 1 fully saturated rings. The van der Waals surface area contributed by atoms with Gasteiger partial charge in [0.25, 0.3) is 0 Å². The molecule has 0 saturated carbocycles. The summed E-state index contributed by atoms with van der Waals surface area (Å²) in [5.74, 6) is -0.372. The Kier molecular flexibility index (Phi) is 4.29. The van der Waals surface area contributed by atoms with Crippen LogP contribution in [0.15, 0.2) is 0 Å². The van der Waals surface area contributed by atoms with Gasteiger partial charge in [-0.05, 0) is 25.8 Å². The Balaban J connectivity index is 2.84. The van der Waals surface area contributed by atoms with Gasteiger partial charge in [0, 0.05) is 6.54 Å². The Labute approximate surface area is 96.4 Å². The molecule has 1 saturated heterocycles. The normalized spacial score (nSPS) is 23.6. The molecule has 1 rings (SSSR count). The smallest absolute Gasteiger partial charge is 0.240 e. The van der Waals surface area contributed by atoms with Gasteiger partial charge in [-0.3, -0.25) is 9.59 Å². The average molecular weight is 227 g/mol. The van der Waals surface area contributed by atoms with E-state index in [9.17, 15) is 9.59 Å². The van der Waals surface area contributed by atoms with E-state index in [1.165, 1.54) is 0 Å². The molecule has 1 aliphatic rings. The van der Waals surface area contributed by atoms with Crippen molar-refractivity contribution in [2.24, 2.45) is 11.7 Å². The van der Waals surface area contributed by atoms with Crippen molar-refractivity contribution >= 4 is 11.8 Å². The number of nitrogens with two attached hydrogens (primary N) is 1. The third-order valence-electron chi connectivity index (χ3n) is 3.08. The summed E-state index contributed by atoms with van der Waals surface area (Å²) in [7, 11) is 1.76. The van der Waals surface area contributed by atoms with Gasteiger partial charge in [0.1, 0.15) is 6.04 Å². The number of carbonyl (C=O) groups excluding carboxylic acids is 2. The number of rotatable bonds is 4. The topological polar surface area (TPSA) is 75.4 Å². The van der Waals surface area contributed by atoms with Gasteiger partial charge in [-0.25, -0.2) is 0 Å². The highest BCUT2D eigenvalue weighted by atomic mass is 16.2. The van der Waals surface area contributed by atoms with Crippen LogP contribution in [0.3, 0.4) is 0 Å². The number of nitrogens with one attached hydrogen (secondary N) is 1. The summed E-state index contributed by atoms with van der Waals surface area (Å²) in [6.45, 7) is 4.44. The fourth-order valence-electron chi connectivity index (χ4n) is 2.29. The van der Waals surface area contributed by atoms with Crippen LogP contribution in [0.1, 0.15) is 26.7 Å². The molecule has 2 unspecified atom stereocenters. The van der Waals surface area contributed by atoms with Crippen molar-refractivity contribution in [2.75, 3.05) is 13.6 Å². The Hall–Kier alpha value is -1.10. The van der Waals surface area contributed by atoms with E-state index in [1.807, 2.05) is 13.8 Å². The zero-order chi connectivity index (χ0) is 12.3. The lowest BCUT2D eigenvalue weighted by Crippen LogP contribution is -2.58. The highest BCUT2D eigenvalue weighted by molar-refractivity contribution is 5.89. The lowest BCUT2D eigenvalue weighted by molar-refractivity contribution is -0.144. The van der Waals surface area contributed by atoms with E-state index in [1.54, 1.807) is 11.9 Å². The number of likely N-dealkylation sites (N-methyl/N-ethyl adjacent to an activating group) is 1. The van der Waals surface area contributed by atoms with Gasteiger partial charge in [0.15, 0.2) is 0 Å². The second kappa shape index (κ2) is 5.30. The highest BCUT2D eigenvalue weighted by Gasteiger charge is 2.36. The Morgan fingerprint density at radius 1 is 1.56 bits per heavy atom. The van der Waals surface area contributed by atoms with Gasteiger partial charge in [-0.2, -0.15) is 0 Å². The SMILES string of the molecule is CNC1CCCN(C(C(N)=O)C(C)C)C1=O. The number of hydrogen-bond acceptors (Lipinski definition) is 3. The second-order valence-corrected chi connectivity index (χ2v) is 4.61. The predicted molar refractivity (Wildman–Crippen MR) is 61.6 cm³/mol. The Morgan fingerprint density at radius 2 is 2.19 bits per heavy atom. The molecule has 0 aromatic heterocycles. The maximum absolute atomic E-state index is 12.1. The molecule has 16 heavy (non-hydrogen) atoms. The molecule has 1 heterocycles. The molecule has 2 amide bonds. The standard InChI is InChI=1S/C11H21N3O2/c1-7(2)9(10(12)15)14-6-4-5-8(13-3)11(14)16/h7-9,13H,4-6H2,1-3H3,(H2,12,15). The monoisotopic (exact) mass is 227 g/mol. The molecule has 5 heteroatoms. The summed E-state index contributed by atoms with van der Waals surface area (Å²) in [5, 5.41) is 2.97. The van der Waals surface area contributed by atoms with E-state index < -0.39 is 11.9 Å². The molecule has 0 spiro atoms. The van der Waals surface area contributed by atoms with E-state index in [0.717, 1.165) is 12.8 Å². The summed E-state index contributed by atoms with van der Waals surface area (Å²) in [5.41, 5.74) is 5.36. The number of piperidine rings is 1. The van der Waals surface area contributed by atoms with Crippen LogP contribution in [0.25, 0.3) is 0 Å². The molecule has 1 aliphatic heterocycles. The molecule has 92 valence electrons. The quantitative estimate of drug-likeness (QED) is 0.693. The van der Waals surface area contributed by atoms with E-state index in [0.29, 0.717) is 6.54 Å². The third kappa shape index (κ3) is 2.52. The number of nitrogens with zero attached hydrogens (tertiary/aromatic N) is 1. The Bertz CT molecular complexity index is 278. The van der Waals surface area contributed by atoms with Crippen LogP contribution in [0.5, 0.6) is 0 Å². The molecular formula is C11H21N3O2. The number of primary amides is 1. The first-order chi connectivity index (χ1) is 7.49. The molecule has 0 radical (unpaired) electrons. The Morgan fingerprint density at radius 3 is 2.62 bits per heavy atom. The molecular weight excluding hydrogens is 206 g/mol. The van der Waals surface area contributed by atoms with Crippen LogP contribution in [-0.2, 0) is 9.59 Å². The first kappa shape index (κ1) is 13.0. The number of amides is 2. The maximum atomic E-state index is 12.1.